The van der Waals surface area contributed by atoms with Crippen molar-refractivity contribution in [1.82, 2.24) is 0 Å². The van der Waals surface area contributed by atoms with Gasteiger partial charge in [0.15, 0.2) is 0 Å². The highest BCUT2D eigenvalue weighted by atomic mass is 79.9. The first-order chi connectivity index (χ1) is 6.72. The highest BCUT2D eigenvalue weighted by Crippen LogP contribution is 2.30. The van der Waals surface area contributed by atoms with Crippen LogP contribution in [0, 0.1) is 5.92 Å². The van der Waals surface area contributed by atoms with Gasteiger partial charge in [-0.15, -0.1) is 0 Å². The van der Waals surface area contributed by atoms with Crippen molar-refractivity contribution in [3.8, 4) is 0 Å². The highest BCUT2D eigenvalue weighted by molar-refractivity contribution is 9.10. The molecule has 2 nitrogen and oxygen atoms in total. The van der Waals surface area contributed by atoms with Crippen LogP contribution in [0.5, 0.6) is 0 Å². The number of halogens is 1. The van der Waals surface area contributed by atoms with Crippen LogP contribution >= 0.6 is 15.9 Å². The third kappa shape index (κ3) is 1.57. The molecule has 1 aromatic carbocycles. The maximum Gasteiger partial charge on any atom is 0.0873 e. The molecule has 0 saturated heterocycles. The standard InChI is InChI=1S/C11H12BrNO/c1-7-5-9-8(11(6-7)13-14)3-2-4-10(9)12/h2-4,7,14H,5-6H2,1H3/b13-11+. The van der Waals surface area contributed by atoms with E-state index in [9.17, 15) is 0 Å². The highest BCUT2D eigenvalue weighted by Gasteiger charge is 2.22. The molecule has 1 unspecified atom stereocenters. The molecule has 0 radical (unpaired) electrons. The van der Waals surface area contributed by atoms with E-state index < -0.39 is 0 Å². The predicted octanol–water partition coefficient (Wildman–Crippen LogP) is 3.21. The molecule has 74 valence electrons. The molecule has 0 heterocycles. The Balaban J connectivity index is 2.57. The van der Waals surface area contributed by atoms with Crippen LogP contribution in [0.2, 0.25) is 0 Å². The number of rotatable bonds is 0. The predicted molar refractivity (Wildman–Crippen MR) is 60.0 cm³/mol. The summed E-state index contributed by atoms with van der Waals surface area (Å²) in [7, 11) is 0. The van der Waals surface area contributed by atoms with Crippen molar-refractivity contribution in [3.63, 3.8) is 0 Å². The van der Waals surface area contributed by atoms with Crippen molar-refractivity contribution in [3.05, 3.63) is 33.8 Å². The van der Waals surface area contributed by atoms with E-state index in [4.69, 9.17) is 5.21 Å². The number of benzene rings is 1. The van der Waals surface area contributed by atoms with Gasteiger partial charge in [0.05, 0.1) is 5.71 Å². The molecule has 2 rings (SSSR count). The molecule has 1 aliphatic rings. The first-order valence-electron chi connectivity index (χ1n) is 4.71. The van der Waals surface area contributed by atoms with Crippen LogP contribution in [0.25, 0.3) is 0 Å². The van der Waals surface area contributed by atoms with Crippen molar-refractivity contribution in [2.45, 2.75) is 19.8 Å². The molecule has 0 bridgehead atoms. The molecule has 0 aromatic heterocycles. The lowest BCUT2D eigenvalue weighted by molar-refractivity contribution is 0.316. The summed E-state index contributed by atoms with van der Waals surface area (Å²) in [5.74, 6) is 0.548. The molecule has 1 atom stereocenters. The minimum Gasteiger partial charge on any atom is -0.411 e. The second-order valence-electron chi connectivity index (χ2n) is 3.83. The number of hydrogen-bond acceptors (Lipinski definition) is 2. The first kappa shape index (κ1) is 9.71. The van der Waals surface area contributed by atoms with Gasteiger partial charge in [-0.2, -0.15) is 0 Å². The van der Waals surface area contributed by atoms with Crippen molar-refractivity contribution in [2.75, 3.05) is 0 Å². The Kier molecular flexibility index (Phi) is 2.59. The summed E-state index contributed by atoms with van der Waals surface area (Å²) in [4.78, 5) is 0. The van der Waals surface area contributed by atoms with E-state index in [1.807, 2.05) is 18.2 Å². The summed E-state index contributed by atoms with van der Waals surface area (Å²) in [5.41, 5.74) is 3.15. The van der Waals surface area contributed by atoms with Crippen LogP contribution in [0.4, 0.5) is 0 Å². The molecular weight excluding hydrogens is 242 g/mol. The summed E-state index contributed by atoms with van der Waals surface area (Å²) in [5, 5.41) is 12.3. The molecule has 0 saturated carbocycles. The average molecular weight is 254 g/mol. The van der Waals surface area contributed by atoms with Gasteiger partial charge < -0.3 is 5.21 Å². The molecule has 1 aromatic rings. The SMILES string of the molecule is CC1C/C(=N\O)c2cccc(Br)c2C1. The second-order valence-corrected chi connectivity index (χ2v) is 4.68. The lowest BCUT2D eigenvalue weighted by Crippen LogP contribution is -2.19. The van der Waals surface area contributed by atoms with Crippen molar-refractivity contribution < 1.29 is 5.21 Å². The first-order valence-corrected chi connectivity index (χ1v) is 5.50. The largest absolute Gasteiger partial charge is 0.411 e. The molecular formula is C11H12BrNO. The number of oxime groups is 1. The Morgan fingerprint density at radius 2 is 2.21 bits per heavy atom. The molecule has 0 fully saturated rings. The fourth-order valence-electron chi connectivity index (χ4n) is 1.99. The van der Waals surface area contributed by atoms with E-state index in [1.54, 1.807) is 0 Å². The van der Waals surface area contributed by atoms with Gasteiger partial charge in [0.2, 0.25) is 0 Å². The molecule has 0 aliphatic heterocycles. The summed E-state index contributed by atoms with van der Waals surface area (Å²) in [6.45, 7) is 2.17. The smallest absolute Gasteiger partial charge is 0.0873 e. The van der Waals surface area contributed by atoms with Crippen molar-refractivity contribution in [1.29, 1.82) is 0 Å². The fraction of sp³-hybridized carbons (Fsp3) is 0.364. The lowest BCUT2D eigenvalue weighted by atomic mass is 9.84. The van der Waals surface area contributed by atoms with Gasteiger partial charge in [-0.05, 0) is 30.4 Å². The van der Waals surface area contributed by atoms with Gasteiger partial charge in [-0.3, -0.25) is 0 Å². The molecule has 14 heavy (non-hydrogen) atoms. The van der Waals surface area contributed by atoms with Gasteiger partial charge in [0, 0.05) is 10.0 Å². The topological polar surface area (TPSA) is 32.6 Å². The van der Waals surface area contributed by atoms with E-state index in [2.05, 4.69) is 28.0 Å². The molecule has 1 N–H and O–H groups in total. The molecule has 0 spiro atoms. The normalized spacial score (nSPS) is 23.6. The Morgan fingerprint density at radius 1 is 1.43 bits per heavy atom. The van der Waals surface area contributed by atoms with Crippen LogP contribution in [0.3, 0.4) is 0 Å². The van der Waals surface area contributed by atoms with Gasteiger partial charge in [-0.25, -0.2) is 0 Å². The third-order valence-corrected chi connectivity index (χ3v) is 3.39. The summed E-state index contributed by atoms with van der Waals surface area (Å²) >= 11 is 3.53. The van der Waals surface area contributed by atoms with Crippen molar-refractivity contribution >= 4 is 21.6 Å². The molecule has 0 amide bonds. The van der Waals surface area contributed by atoms with E-state index in [0.717, 1.165) is 28.6 Å². The Labute approximate surface area is 91.8 Å². The van der Waals surface area contributed by atoms with Gasteiger partial charge in [0.25, 0.3) is 0 Å². The van der Waals surface area contributed by atoms with E-state index >= 15 is 0 Å². The number of fused-ring (bicyclic) bond motifs is 1. The monoisotopic (exact) mass is 253 g/mol. The van der Waals surface area contributed by atoms with Crippen LogP contribution in [-0.2, 0) is 6.42 Å². The summed E-state index contributed by atoms with van der Waals surface area (Å²) < 4.78 is 1.11. The number of nitrogens with zero attached hydrogens (tertiary/aromatic N) is 1. The minimum absolute atomic E-state index is 0.548. The van der Waals surface area contributed by atoms with Crippen LogP contribution in [0.1, 0.15) is 24.5 Å². The maximum absolute atomic E-state index is 8.92. The summed E-state index contributed by atoms with van der Waals surface area (Å²) in [6.07, 6.45) is 1.91. The Hall–Kier alpha value is -0.830. The van der Waals surface area contributed by atoms with Crippen molar-refractivity contribution in [2.24, 2.45) is 11.1 Å². The Bertz CT molecular complexity index is 387. The average Bonchev–Trinajstić information content (AvgIpc) is 2.18. The van der Waals surface area contributed by atoms with E-state index in [1.165, 1.54) is 5.56 Å². The van der Waals surface area contributed by atoms with Gasteiger partial charge in [-0.1, -0.05) is 40.1 Å². The molecule has 1 aliphatic carbocycles. The third-order valence-electron chi connectivity index (χ3n) is 2.64. The zero-order chi connectivity index (χ0) is 10.1. The van der Waals surface area contributed by atoms with E-state index in [-0.39, 0.29) is 0 Å². The zero-order valence-electron chi connectivity index (χ0n) is 8.00. The quantitative estimate of drug-likeness (QED) is 0.559. The van der Waals surface area contributed by atoms with Gasteiger partial charge >= 0.3 is 0 Å². The number of hydrogen-bond donors (Lipinski definition) is 1. The van der Waals surface area contributed by atoms with Crippen LogP contribution in [0.15, 0.2) is 27.8 Å². The minimum atomic E-state index is 0.548. The van der Waals surface area contributed by atoms with Gasteiger partial charge in [0.1, 0.15) is 0 Å². The lowest BCUT2D eigenvalue weighted by Gasteiger charge is -2.23. The second kappa shape index (κ2) is 3.73. The fourth-order valence-corrected chi connectivity index (χ4v) is 2.52. The van der Waals surface area contributed by atoms with Crippen LogP contribution < -0.4 is 0 Å². The molecule has 3 heteroatoms. The zero-order valence-corrected chi connectivity index (χ0v) is 9.58. The summed E-state index contributed by atoms with van der Waals surface area (Å²) in [6, 6.07) is 6.02. The van der Waals surface area contributed by atoms with Crippen LogP contribution in [-0.4, -0.2) is 10.9 Å². The van der Waals surface area contributed by atoms with E-state index in [0.29, 0.717) is 5.92 Å². The Morgan fingerprint density at radius 3 is 2.93 bits per heavy atom. The maximum atomic E-state index is 8.92.